The van der Waals surface area contributed by atoms with Crippen LogP contribution in [0.25, 0.3) is 12.2 Å². The molecule has 1 aromatic heterocycles. The molecule has 0 saturated heterocycles. The van der Waals surface area contributed by atoms with Gasteiger partial charge in [0, 0.05) is 36.6 Å². The number of hydrogen-bond acceptors (Lipinski definition) is 7. The normalized spacial score (nSPS) is 11.5. The number of nitro benzene ring substituents is 1. The Balaban J connectivity index is 1.87. The van der Waals surface area contributed by atoms with Crippen LogP contribution in [0.3, 0.4) is 0 Å². The van der Waals surface area contributed by atoms with E-state index >= 15 is 0 Å². The molecule has 2 aromatic carbocycles. The van der Waals surface area contributed by atoms with Gasteiger partial charge in [-0.2, -0.15) is 0 Å². The van der Waals surface area contributed by atoms with Crippen molar-refractivity contribution in [3.63, 3.8) is 0 Å². The summed E-state index contributed by atoms with van der Waals surface area (Å²) in [6.07, 6.45) is 5.23. The Morgan fingerprint density at radius 3 is 2.32 bits per heavy atom. The van der Waals surface area contributed by atoms with Gasteiger partial charge in [0.25, 0.3) is 5.69 Å². The van der Waals surface area contributed by atoms with Gasteiger partial charge < -0.3 is 5.32 Å². The third kappa shape index (κ3) is 6.06. The molecule has 31 heavy (non-hydrogen) atoms. The molecule has 0 radical (unpaired) electrons. The summed E-state index contributed by atoms with van der Waals surface area (Å²) in [5, 5.41) is 13.9. The molecule has 8 nitrogen and oxygen atoms in total. The van der Waals surface area contributed by atoms with Gasteiger partial charge in [0.1, 0.15) is 0 Å². The second-order valence-corrected chi connectivity index (χ2v) is 9.88. The number of non-ortho nitro benzene ring substituents is 1. The van der Waals surface area contributed by atoms with Gasteiger partial charge >= 0.3 is 0 Å². The largest absolute Gasteiger partial charge is 0.302 e. The first-order valence-electron chi connectivity index (χ1n) is 9.10. The number of benzene rings is 2. The van der Waals surface area contributed by atoms with E-state index in [9.17, 15) is 23.3 Å². The predicted molar refractivity (Wildman–Crippen MR) is 121 cm³/mol. The molecule has 0 aliphatic heterocycles. The molecule has 3 aromatic rings. The van der Waals surface area contributed by atoms with Crippen molar-refractivity contribution in [3.8, 4) is 0 Å². The third-order valence-electron chi connectivity index (χ3n) is 4.26. The molecule has 0 fully saturated rings. The fraction of sp³-hybridized carbons (Fsp3) is 0.143. The Labute approximate surface area is 183 Å². The number of amides is 1. The minimum absolute atomic E-state index is 0.0111. The van der Waals surface area contributed by atoms with Crippen LogP contribution in [0.1, 0.15) is 28.6 Å². The molecule has 0 bridgehead atoms. The van der Waals surface area contributed by atoms with E-state index in [1.807, 2.05) is 0 Å². The highest BCUT2D eigenvalue weighted by molar-refractivity contribution is 7.90. The zero-order valence-electron chi connectivity index (χ0n) is 16.7. The maximum atomic E-state index is 11.6. The molecular weight excluding hydrogens is 438 g/mol. The molecule has 0 spiro atoms. The predicted octanol–water partition coefficient (Wildman–Crippen LogP) is 4.17. The molecule has 0 aliphatic rings. The molecule has 1 amide bonds. The summed E-state index contributed by atoms with van der Waals surface area (Å²) in [6.45, 7) is 1.40. The minimum atomic E-state index is -3.27. The SMILES string of the molecule is CC(=O)Nc1nc(/C=C\c2ccc([N+](=O)[O-])cc2)c(Cc2ccc(S(C)(=O)=O)cc2)s1. The molecule has 0 unspecified atom stereocenters. The van der Waals surface area contributed by atoms with Crippen molar-refractivity contribution in [2.24, 2.45) is 0 Å². The maximum absolute atomic E-state index is 11.6. The van der Waals surface area contributed by atoms with E-state index in [1.54, 1.807) is 48.6 Å². The van der Waals surface area contributed by atoms with E-state index in [1.165, 1.54) is 30.4 Å². The van der Waals surface area contributed by atoms with E-state index in [0.29, 0.717) is 17.2 Å². The van der Waals surface area contributed by atoms with Crippen molar-refractivity contribution in [2.45, 2.75) is 18.2 Å². The topological polar surface area (TPSA) is 119 Å². The first-order chi connectivity index (χ1) is 14.6. The Hall–Kier alpha value is -3.37. The Morgan fingerprint density at radius 1 is 1.13 bits per heavy atom. The van der Waals surface area contributed by atoms with Gasteiger partial charge in [-0.15, -0.1) is 11.3 Å². The van der Waals surface area contributed by atoms with Crippen molar-refractivity contribution in [2.75, 3.05) is 11.6 Å². The molecule has 1 N–H and O–H groups in total. The van der Waals surface area contributed by atoms with E-state index in [4.69, 9.17) is 0 Å². The van der Waals surface area contributed by atoms with Crippen LogP contribution in [0.4, 0.5) is 10.8 Å². The summed E-state index contributed by atoms with van der Waals surface area (Å²) < 4.78 is 23.3. The lowest BCUT2D eigenvalue weighted by Gasteiger charge is -2.02. The summed E-state index contributed by atoms with van der Waals surface area (Å²) in [7, 11) is -3.27. The maximum Gasteiger partial charge on any atom is 0.269 e. The van der Waals surface area contributed by atoms with Gasteiger partial charge in [0.15, 0.2) is 15.0 Å². The number of anilines is 1. The average Bonchev–Trinajstić information content (AvgIpc) is 3.06. The number of carbonyl (C=O) groups is 1. The number of aromatic nitrogens is 1. The van der Waals surface area contributed by atoms with Crippen molar-refractivity contribution < 1.29 is 18.1 Å². The van der Waals surface area contributed by atoms with Crippen LogP contribution in [0.15, 0.2) is 53.4 Å². The van der Waals surface area contributed by atoms with Gasteiger partial charge in [0.05, 0.1) is 15.5 Å². The molecule has 160 valence electrons. The third-order valence-corrected chi connectivity index (χ3v) is 6.38. The Morgan fingerprint density at radius 2 is 1.77 bits per heavy atom. The van der Waals surface area contributed by atoms with E-state index < -0.39 is 14.8 Å². The van der Waals surface area contributed by atoms with Crippen LogP contribution in [-0.4, -0.2) is 30.5 Å². The quantitative estimate of drug-likeness (QED) is 0.420. The molecular formula is C21H19N3O5S2. The summed E-state index contributed by atoms with van der Waals surface area (Å²) in [5.41, 5.74) is 2.33. The van der Waals surface area contributed by atoms with Gasteiger partial charge in [-0.05, 0) is 41.5 Å². The van der Waals surface area contributed by atoms with Crippen LogP contribution in [0.2, 0.25) is 0 Å². The number of nitrogens with one attached hydrogen (secondary N) is 1. The van der Waals surface area contributed by atoms with Crippen LogP contribution in [0, 0.1) is 10.1 Å². The smallest absolute Gasteiger partial charge is 0.269 e. The van der Waals surface area contributed by atoms with E-state index in [2.05, 4.69) is 10.3 Å². The van der Waals surface area contributed by atoms with Crippen molar-refractivity contribution in [1.82, 2.24) is 4.98 Å². The molecule has 0 aliphatic carbocycles. The van der Waals surface area contributed by atoms with Gasteiger partial charge in [-0.1, -0.05) is 18.2 Å². The van der Waals surface area contributed by atoms with Gasteiger partial charge in [-0.25, -0.2) is 13.4 Å². The van der Waals surface area contributed by atoms with Crippen LogP contribution in [-0.2, 0) is 21.1 Å². The molecule has 0 atom stereocenters. The number of thiazole rings is 1. The highest BCUT2D eigenvalue weighted by Crippen LogP contribution is 2.28. The second kappa shape index (κ2) is 9.19. The monoisotopic (exact) mass is 457 g/mol. The summed E-state index contributed by atoms with van der Waals surface area (Å²) in [6, 6.07) is 12.7. The summed E-state index contributed by atoms with van der Waals surface area (Å²) in [5.74, 6) is -0.233. The highest BCUT2D eigenvalue weighted by atomic mass is 32.2. The highest BCUT2D eigenvalue weighted by Gasteiger charge is 2.12. The zero-order chi connectivity index (χ0) is 22.6. The number of rotatable bonds is 7. The summed E-state index contributed by atoms with van der Waals surface area (Å²) in [4.78, 5) is 27.3. The fourth-order valence-electron chi connectivity index (χ4n) is 2.75. The zero-order valence-corrected chi connectivity index (χ0v) is 18.4. The lowest BCUT2D eigenvalue weighted by atomic mass is 10.1. The molecule has 0 saturated carbocycles. The first-order valence-corrected chi connectivity index (χ1v) is 11.8. The number of hydrogen-bond donors (Lipinski definition) is 1. The van der Waals surface area contributed by atoms with E-state index in [-0.39, 0.29) is 16.5 Å². The number of nitro groups is 1. The first kappa shape index (κ1) is 22.3. The number of nitrogens with zero attached hydrogens (tertiary/aromatic N) is 2. The Kier molecular flexibility index (Phi) is 6.62. The number of sulfone groups is 1. The van der Waals surface area contributed by atoms with Crippen molar-refractivity contribution >= 4 is 50.1 Å². The minimum Gasteiger partial charge on any atom is -0.302 e. The van der Waals surface area contributed by atoms with Crippen molar-refractivity contribution in [3.05, 3.63) is 80.3 Å². The van der Waals surface area contributed by atoms with Crippen LogP contribution in [0.5, 0.6) is 0 Å². The van der Waals surface area contributed by atoms with E-state index in [0.717, 1.165) is 22.3 Å². The van der Waals surface area contributed by atoms with Gasteiger partial charge in [0.2, 0.25) is 5.91 Å². The standard InChI is InChI=1S/C21H19N3O5S2/c1-14(25)22-21-23-19(12-7-15-3-8-17(9-4-15)24(26)27)20(30-21)13-16-5-10-18(11-6-16)31(2,28)29/h3-12H,13H2,1-2H3,(H,22,23,25)/b12-7-. The van der Waals surface area contributed by atoms with Crippen molar-refractivity contribution in [1.29, 1.82) is 0 Å². The number of carbonyl (C=O) groups excluding carboxylic acids is 1. The Bertz CT molecular complexity index is 1250. The molecule has 1 heterocycles. The second-order valence-electron chi connectivity index (χ2n) is 6.78. The summed E-state index contributed by atoms with van der Waals surface area (Å²) >= 11 is 1.33. The lowest BCUT2D eigenvalue weighted by molar-refractivity contribution is -0.384. The van der Waals surface area contributed by atoms with Gasteiger partial charge in [-0.3, -0.25) is 14.9 Å². The molecule has 10 heteroatoms. The fourth-order valence-corrected chi connectivity index (χ4v) is 4.41. The molecule has 3 rings (SSSR count). The van der Waals surface area contributed by atoms with Crippen LogP contribution >= 0.6 is 11.3 Å². The lowest BCUT2D eigenvalue weighted by Crippen LogP contribution is -2.04. The van der Waals surface area contributed by atoms with Crippen LogP contribution < -0.4 is 5.32 Å². The average molecular weight is 458 g/mol.